The van der Waals surface area contributed by atoms with Crippen molar-refractivity contribution in [3.05, 3.63) is 23.8 Å². The normalized spacial score (nSPS) is 19.1. The van der Waals surface area contributed by atoms with E-state index in [-0.39, 0.29) is 11.8 Å². The number of rotatable bonds is 2. The molecule has 1 amide bonds. The van der Waals surface area contributed by atoms with Crippen molar-refractivity contribution in [1.82, 2.24) is 4.90 Å². The molecular weight excluding hydrogens is 280 g/mol. The first-order valence-electron chi connectivity index (χ1n) is 7.95. The largest absolute Gasteiger partial charge is 0.491 e. The molecule has 0 spiro atoms. The Balaban J connectivity index is 1.77. The molecule has 0 unspecified atom stereocenters. The fraction of sp³-hybridized carbons (Fsp3) is 0.588. The Kier molecular flexibility index (Phi) is 4.52. The Hall–Kier alpha value is -1.75. The molecule has 0 bridgehead atoms. The molecule has 2 aliphatic rings. The molecule has 5 nitrogen and oxygen atoms in total. The average Bonchev–Trinajstić information content (AvgIpc) is 2.76. The number of nitrogens with zero attached hydrogens (tertiary/aromatic N) is 2. The average molecular weight is 304 g/mol. The second-order valence-corrected chi connectivity index (χ2v) is 6.18. The second kappa shape index (κ2) is 6.57. The van der Waals surface area contributed by atoms with E-state index < -0.39 is 0 Å². The lowest BCUT2D eigenvalue weighted by atomic mass is 9.98. The molecule has 2 aliphatic heterocycles. The van der Waals surface area contributed by atoms with Crippen molar-refractivity contribution in [1.29, 1.82) is 0 Å². The zero-order valence-corrected chi connectivity index (χ0v) is 13.4. The molecule has 1 fully saturated rings. The van der Waals surface area contributed by atoms with Crippen LogP contribution in [0.1, 0.15) is 18.4 Å². The molecule has 0 aromatic heterocycles. The van der Waals surface area contributed by atoms with Gasteiger partial charge in [0.1, 0.15) is 12.4 Å². The van der Waals surface area contributed by atoms with Crippen LogP contribution in [0.15, 0.2) is 18.2 Å². The van der Waals surface area contributed by atoms with Crippen molar-refractivity contribution >= 4 is 11.6 Å². The SMILES string of the molecule is CN(C)c1ccc2c(c1)CN(C(=O)C1CCOCC1)CCO2. The quantitative estimate of drug-likeness (QED) is 0.837. The number of anilines is 1. The maximum atomic E-state index is 12.7. The summed E-state index contributed by atoms with van der Waals surface area (Å²) in [5.74, 6) is 1.25. The minimum Gasteiger partial charge on any atom is -0.491 e. The molecule has 120 valence electrons. The molecule has 1 saturated heterocycles. The fourth-order valence-electron chi connectivity index (χ4n) is 3.05. The Morgan fingerprint density at radius 3 is 2.73 bits per heavy atom. The fourth-order valence-corrected chi connectivity index (χ4v) is 3.05. The summed E-state index contributed by atoms with van der Waals surface area (Å²) in [5.41, 5.74) is 2.21. The maximum absolute atomic E-state index is 12.7. The van der Waals surface area contributed by atoms with Crippen molar-refractivity contribution in [3.8, 4) is 5.75 Å². The van der Waals surface area contributed by atoms with E-state index in [1.54, 1.807) is 0 Å². The van der Waals surface area contributed by atoms with E-state index in [1.807, 2.05) is 25.1 Å². The van der Waals surface area contributed by atoms with Gasteiger partial charge in [-0.3, -0.25) is 4.79 Å². The van der Waals surface area contributed by atoms with Gasteiger partial charge in [-0.05, 0) is 31.0 Å². The van der Waals surface area contributed by atoms with Gasteiger partial charge in [-0.1, -0.05) is 0 Å². The predicted octanol–water partition coefficient (Wildman–Crippen LogP) is 1.90. The van der Waals surface area contributed by atoms with E-state index in [0.717, 1.165) is 29.8 Å². The van der Waals surface area contributed by atoms with Gasteiger partial charge in [0.05, 0.1) is 6.54 Å². The lowest BCUT2D eigenvalue weighted by Gasteiger charge is -2.28. The van der Waals surface area contributed by atoms with Crippen LogP contribution < -0.4 is 9.64 Å². The van der Waals surface area contributed by atoms with Crippen LogP contribution in [0.3, 0.4) is 0 Å². The van der Waals surface area contributed by atoms with Crippen LogP contribution in [-0.4, -0.2) is 51.3 Å². The van der Waals surface area contributed by atoms with Crippen LogP contribution in [0.2, 0.25) is 0 Å². The molecule has 0 N–H and O–H groups in total. The number of benzene rings is 1. The zero-order chi connectivity index (χ0) is 15.5. The van der Waals surface area contributed by atoms with E-state index in [9.17, 15) is 4.79 Å². The van der Waals surface area contributed by atoms with Crippen LogP contribution >= 0.6 is 0 Å². The maximum Gasteiger partial charge on any atom is 0.226 e. The number of ether oxygens (including phenoxy) is 2. The first-order valence-corrected chi connectivity index (χ1v) is 7.95. The summed E-state index contributed by atoms with van der Waals surface area (Å²) in [6, 6.07) is 6.17. The minimum atomic E-state index is 0.104. The summed E-state index contributed by atoms with van der Waals surface area (Å²) in [6.07, 6.45) is 1.67. The molecule has 0 atom stereocenters. The van der Waals surface area contributed by atoms with Gasteiger partial charge in [-0.15, -0.1) is 0 Å². The third-order valence-corrected chi connectivity index (χ3v) is 4.42. The number of hydrogen-bond acceptors (Lipinski definition) is 4. The third kappa shape index (κ3) is 3.19. The van der Waals surface area contributed by atoms with Gasteiger partial charge in [0.25, 0.3) is 0 Å². The molecule has 0 aliphatic carbocycles. The lowest BCUT2D eigenvalue weighted by molar-refractivity contribution is -0.139. The lowest BCUT2D eigenvalue weighted by Crippen LogP contribution is -2.39. The van der Waals surface area contributed by atoms with Crippen molar-refractivity contribution in [2.75, 3.05) is 45.4 Å². The standard InChI is InChI=1S/C17H24N2O3/c1-18(2)15-3-4-16-14(11-15)12-19(7-10-22-16)17(20)13-5-8-21-9-6-13/h3-4,11,13H,5-10,12H2,1-2H3. The van der Waals surface area contributed by atoms with Crippen LogP contribution in [0.4, 0.5) is 5.69 Å². The summed E-state index contributed by atoms with van der Waals surface area (Å²) < 4.78 is 11.2. The highest BCUT2D eigenvalue weighted by Gasteiger charge is 2.28. The van der Waals surface area contributed by atoms with Crippen LogP contribution in [-0.2, 0) is 16.1 Å². The Morgan fingerprint density at radius 1 is 1.23 bits per heavy atom. The summed E-state index contributed by atoms with van der Waals surface area (Å²) in [4.78, 5) is 16.7. The highest BCUT2D eigenvalue weighted by atomic mass is 16.5. The molecule has 22 heavy (non-hydrogen) atoms. The smallest absolute Gasteiger partial charge is 0.226 e. The van der Waals surface area contributed by atoms with Crippen LogP contribution in [0.5, 0.6) is 5.75 Å². The van der Waals surface area contributed by atoms with E-state index >= 15 is 0 Å². The van der Waals surface area contributed by atoms with Gasteiger partial charge in [0.15, 0.2) is 0 Å². The first kappa shape index (κ1) is 15.2. The Labute approximate surface area is 131 Å². The number of fused-ring (bicyclic) bond motifs is 1. The molecule has 1 aromatic carbocycles. The molecule has 1 aromatic rings. The van der Waals surface area contributed by atoms with Crippen molar-refractivity contribution < 1.29 is 14.3 Å². The van der Waals surface area contributed by atoms with Crippen molar-refractivity contribution in [2.24, 2.45) is 5.92 Å². The monoisotopic (exact) mass is 304 g/mol. The van der Waals surface area contributed by atoms with Gasteiger partial charge >= 0.3 is 0 Å². The number of amides is 1. The van der Waals surface area contributed by atoms with Gasteiger partial charge < -0.3 is 19.3 Å². The van der Waals surface area contributed by atoms with E-state index in [2.05, 4.69) is 17.0 Å². The van der Waals surface area contributed by atoms with E-state index in [0.29, 0.717) is 32.9 Å². The highest BCUT2D eigenvalue weighted by Crippen LogP contribution is 2.29. The minimum absolute atomic E-state index is 0.104. The van der Waals surface area contributed by atoms with Crippen molar-refractivity contribution in [2.45, 2.75) is 19.4 Å². The molecule has 5 heteroatoms. The van der Waals surface area contributed by atoms with Crippen molar-refractivity contribution in [3.63, 3.8) is 0 Å². The zero-order valence-electron chi connectivity index (χ0n) is 13.4. The summed E-state index contributed by atoms with van der Waals surface area (Å²) in [7, 11) is 4.04. The second-order valence-electron chi connectivity index (χ2n) is 6.18. The number of hydrogen-bond donors (Lipinski definition) is 0. The summed E-state index contributed by atoms with van der Waals surface area (Å²) in [6.45, 7) is 3.24. The van der Waals surface area contributed by atoms with E-state index in [4.69, 9.17) is 9.47 Å². The van der Waals surface area contributed by atoms with Crippen LogP contribution in [0.25, 0.3) is 0 Å². The van der Waals surface area contributed by atoms with E-state index in [1.165, 1.54) is 0 Å². The predicted molar refractivity (Wildman–Crippen MR) is 85.2 cm³/mol. The van der Waals surface area contributed by atoms with Gasteiger partial charge in [0.2, 0.25) is 5.91 Å². The van der Waals surface area contributed by atoms with Gasteiger partial charge in [0, 0.05) is 51.0 Å². The number of carbonyl (C=O) groups excluding carboxylic acids is 1. The van der Waals surface area contributed by atoms with Crippen LogP contribution in [0, 0.1) is 5.92 Å². The van der Waals surface area contributed by atoms with Gasteiger partial charge in [-0.2, -0.15) is 0 Å². The molecule has 2 heterocycles. The molecule has 0 saturated carbocycles. The molecule has 0 radical (unpaired) electrons. The van der Waals surface area contributed by atoms with Gasteiger partial charge in [-0.25, -0.2) is 0 Å². The Morgan fingerprint density at radius 2 is 2.00 bits per heavy atom. The molecule has 3 rings (SSSR count). The first-order chi connectivity index (χ1) is 10.6. The Bertz CT molecular complexity index is 539. The topological polar surface area (TPSA) is 42.0 Å². The highest BCUT2D eigenvalue weighted by molar-refractivity contribution is 5.79. The number of carbonyl (C=O) groups is 1. The third-order valence-electron chi connectivity index (χ3n) is 4.42. The summed E-state index contributed by atoms with van der Waals surface area (Å²) >= 11 is 0. The summed E-state index contributed by atoms with van der Waals surface area (Å²) in [5, 5.41) is 0. The molecular formula is C17H24N2O3.